The molecule has 0 saturated carbocycles. The lowest BCUT2D eigenvalue weighted by atomic mass is 9.95. The summed E-state index contributed by atoms with van der Waals surface area (Å²) in [6, 6.07) is 3.21. The number of amides is 2. The molecule has 2 aliphatic heterocycles. The van der Waals surface area contributed by atoms with Gasteiger partial charge in [-0.15, -0.1) is 23.1 Å². The number of thiazole rings is 1. The first-order valence-corrected chi connectivity index (χ1v) is 13.4. The summed E-state index contributed by atoms with van der Waals surface area (Å²) >= 11 is 2.57. The Kier molecular flexibility index (Phi) is 6.67. The zero-order chi connectivity index (χ0) is 25.4. The topological polar surface area (TPSA) is 151 Å². The molecule has 2 aromatic heterocycles. The molecule has 1 fully saturated rings. The molecule has 0 unspecified atom stereocenters. The van der Waals surface area contributed by atoms with Gasteiger partial charge in [-0.05, 0) is 25.3 Å². The minimum absolute atomic E-state index is 0.00628. The summed E-state index contributed by atoms with van der Waals surface area (Å²) in [4.78, 5) is 48.4. The molecule has 188 valence electrons. The normalized spacial score (nSPS) is 21.4. The molecule has 0 bridgehead atoms. The predicted molar refractivity (Wildman–Crippen MR) is 133 cm³/mol. The number of aryl methyl sites for hydroxylation is 1. The third kappa shape index (κ3) is 4.32. The largest absolute Gasteiger partial charge is 0.477 e. The monoisotopic (exact) mass is 529 g/mol. The zero-order valence-corrected chi connectivity index (χ0v) is 21.1. The zero-order valence-electron chi connectivity index (χ0n) is 19.5. The van der Waals surface area contributed by atoms with E-state index >= 15 is 0 Å². The Balaban J connectivity index is 1.36. The maximum atomic E-state index is 13.1. The highest BCUT2D eigenvalue weighted by atomic mass is 32.2. The van der Waals surface area contributed by atoms with Gasteiger partial charge in [0.2, 0.25) is 0 Å². The molecular formula is C23H25N6O5S2+. The first-order valence-electron chi connectivity index (χ1n) is 11.4. The van der Waals surface area contributed by atoms with Crippen molar-refractivity contribution in [1.82, 2.24) is 15.2 Å². The SMILES string of the molecule is CO/N=C(\C(=O)N[C@H]1C(=O)N2C(C(=O)O)=C(C[n+]3cccc4c3CCCC4)CS[C@@H]12)c1csc(N)n1. The highest BCUT2D eigenvalue weighted by Gasteiger charge is 2.55. The summed E-state index contributed by atoms with van der Waals surface area (Å²) in [5, 5.41) is 17.7. The number of carbonyl (C=O) groups is 3. The van der Waals surface area contributed by atoms with Crippen molar-refractivity contribution in [3.63, 3.8) is 0 Å². The van der Waals surface area contributed by atoms with Crippen molar-refractivity contribution in [3.05, 3.63) is 51.9 Å². The van der Waals surface area contributed by atoms with Gasteiger partial charge >= 0.3 is 5.97 Å². The molecule has 0 spiro atoms. The third-order valence-electron chi connectivity index (χ3n) is 6.45. The lowest BCUT2D eigenvalue weighted by Gasteiger charge is -2.49. The summed E-state index contributed by atoms with van der Waals surface area (Å²) < 4.78 is 2.10. The second kappa shape index (κ2) is 9.90. The third-order valence-corrected chi connectivity index (χ3v) is 8.46. The molecule has 4 N–H and O–H groups in total. The van der Waals surface area contributed by atoms with Crippen molar-refractivity contribution in [1.29, 1.82) is 0 Å². The van der Waals surface area contributed by atoms with E-state index in [9.17, 15) is 19.5 Å². The van der Waals surface area contributed by atoms with Crippen LogP contribution < -0.4 is 15.6 Å². The Morgan fingerprint density at radius 3 is 2.92 bits per heavy atom. The standard InChI is InChI=1S/C23H24N6O5S2/c1-34-27-16(14-11-36-23(24)25-14)19(30)26-17-20(31)29-18(22(32)33)13(10-35-21(17)29)9-28-8-4-6-12-5-2-3-7-15(12)28/h4,6,8,11,17,21H,2-3,5,7,9-10H2,1H3,(H3-,24,25,26,30,32,33)/p+1/b27-16-/t17-,21-/m0/s1. The van der Waals surface area contributed by atoms with Crippen LogP contribution in [0.25, 0.3) is 0 Å². The van der Waals surface area contributed by atoms with Gasteiger partial charge in [-0.25, -0.2) is 9.78 Å². The molecule has 11 nitrogen and oxygen atoms in total. The number of nitrogen functional groups attached to an aromatic ring is 1. The highest BCUT2D eigenvalue weighted by Crippen LogP contribution is 2.40. The fourth-order valence-electron chi connectivity index (χ4n) is 4.83. The maximum Gasteiger partial charge on any atom is 0.352 e. The van der Waals surface area contributed by atoms with Crippen LogP contribution in [0.5, 0.6) is 0 Å². The van der Waals surface area contributed by atoms with E-state index in [-0.39, 0.29) is 22.2 Å². The number of aromatic nitrogens is 2. The van der Waals surface area contributed by atoms with Crippen molar-refractivity contribution in [2.75, 3.05) is 18.6 Å². The minimum atomic E-state index is -1.15. The van der Waals surface area contributed by atoms with E-state index < -0.39 is 29.2 Å². The van der Waals surface area contributed by atoms with Crippen LogP contribution in [0.3, 0.4) is 0 Å². The van der Waals surface area contributed by atoms with Gasteiger partial charge in [-0.1, -0.05) is 5.16 Å². The molecule has 2 atom stereocenters. The first-order chi connectivity index (χ1) is 17.4. The second-order valence-corrected chi connectivity index (χ2v) is 10.6. The van der Waals surface area contributed by atoms with Gasteiger partial charge in [0.1, 0.15) is 29.9 Å². The maximum absolute atomic E-state index is 13.1. The van der Waals surface area contributed by atoms with E-state index in [4.69, 9.17) is 10.6 Å². The van der Waals surface area contributed by atoms with E-state index in [1.165, 1.54) is 35.0 Å². The average molecular weight is 530 g/mol. The van der Waals surface area contributed by atoms with Crippen LogP contribution in [0.4, 0.5) is 5.13 Å². The number of nitrogens with one attached hydrogen (secondary N) is 1. The smallest absolute Gasteiger partial charge is 0.352 e. The highest BCUT2D eigenvalue weighted by molar-refractivity contribution is 8.00. The van der Waals surface area contributed by atoms with Gasteiger partial charge in [0.25, 0.3) is 11.8 Å². The Labute approximate surface area is 215 Å². The van der Waals surface area contributed by atoms with Crippen LogP contribution >= 0.6 is 23.1 Å². The quantitative estimate of drug-likeness (QED) is 0.205. The Morgan fingerprint density at radius 1 is 1.39 bits per heavy atom. The van der Waals surface area contributed by atoms with Gasteiger partial charge in [0, 0.05) is 34.8 Å². The van der Waals surface area contributed by atoms with E-state index in [2.05, 4.69) is 26.1 Å². The molecule has 1 saturated heterocycles. The predicted octanol–water partition coefficient (Wildman–Crippen LogP) is 0.681. The number of nitrogens with zero attached hydrogens (tertiary/aromatic N) is 4. The number of carbonyl (C=O) groups excluding carboxylic acids is 2. The Bertz CT molecular complexity index is 1310. The number of thioether (sulfide) groups is 1. The Hall–Kier alpha value is -3.45. The number of pyridine rings is 1. The molecule has 1 aliphatic carbocycles. The van der Waals surface area contributed by atoms with Crippen molar-refractivity contribution in [3.8, 4) is 0 Å². The van der Waals surface area contributed by atoms with Gasteiger partial charge in [-0.2, -0.15) is 4.57 Å². The van der Waals surface area contributed by atoms with Gasteiger partial charge in [-0.3, -0.25) is 14.5 Å². The van der Waals surface area contributed by atoms with E-state index in [0.29, 0.717) is 17.9 Å². The number of oxime groups is 1. The fourth-order valence-corrected chi connectivity index (χ4v) is 6.72. The molecule has 0 radical (unpaired) electrons. The van der Waals surface area contributed by atoms with Crippen molar-refractivity contribution < 1.29 is 28.9 Å². The fraction of sp³-hybridized carbons (Fsp3) is 0.391. The number of carboxylic acids is 1. The summed E-state index contributed by atoms with van der Waals surface area (Å²) in [5.41, 5.74) is 8.96. The molecule has 5 rings (SSSR count). The van der Waals surface area contributed by atoms with Crippen LogP contribution in [0, 0.1) is 0 Å². The van der Waals surface area contributed by atoms with Crippen LogP contribution in [0.15, 0.2) is 40.1 Å². The number of anilines is 1. The Morgan fingerprint density at radius 2 is 2.19 bits per heavy atom. The van der Waals surface area contributed by atoms with Gasteiger partial charge in [0.15, 0.2) is 29.3 Å². The van der Waals surface area contributed by atoms with Crippen LogP contribution in [0.2, 0.25) is 0 Å². The second-order valence-electron chi connectivity index (χ2n) is 8.63. The summed E-state index contributed by atoms with van der Waals surface area (Å²) in [6.45, 7) is 0.404. The average Bonchev–Trinajstić information content (AvgIpc) is 3.31. The minimum Gasteiger partial charge on any atom is -0.477 e. The van der Waals surface area contributed by atoms with E-state index in [1.54, 1.807) is 5.38 Å². The molecular weight excluding hydrogens is 504 g/mol. The number of nitrogens with two attached hydrogens (primary N) is 1. The van der Waals surface area contributed by atoms with Crippen molar-refractivity contribution in [2.24, 2.45) is 5.16 Å². The molecule has 13 heteroatoms. The van der Waals surface area contributed by atoms with Crippen molar-refractivity contribution >= 4 is 51.7 Å². The number of aliphatic carboxylic acids is 1. The number of carboxylic acid groups (broad SMARTS) is 1. The van der Waals surface area contributed by atoms with Crippen molar-refractivity contribution in [2.45, 2.75) is 43.6 Å². The van der Waals surface area contributed by atoms with E-state index in [1.807, 2.05) is 12.3 Å². The summed E-state index contributed by atoms with van der Waals surface area (Å²) in [7, 11) is 1.30. The molecule has 0 aromatic carbocycles. The number of rotatable bonds is 7. The molecule has 3 aliphatic rings. The van der Waals surface area contributed by atoms with Crippen LogP contribution in [0.1, 0.15) is 29.8 Å². The van der Waals surface area contributed by atoms with Crippen LogP contribution in [-0.2, 0) is 38.6 Å². The number of β-lactam (4-membered cyclic amide) rings is 1. The molecule has 4 heterocycles. The van der Waals surface area contributed by atoms with Crippen LogP contribution in [-0.4, -0.2) is 62.8 Å². The molecule has 2 aromatic rings. The molecule has 2 amide bonds. The number of hydrogen-bond acceptors (Lipinski definition) is 9. The van der Waals surface area contributed by atoms with E-state index in [0.717, 1.165) is 37.0 Å². The number of fused-ring (bicyclic) bond motifs is 2. The lowest BCUT2D eigenvalue weighted by Crippen LogP contribution is -2.71. The van der Waals surface area contributed by atoms with Gasteiger partial charge in [0.05, 0.1) is 0 Å². The summed E-state index contributed by atoms with van der Waals surface area (Å²) in [6.07, 6.45) is 6.20. The van der Waals surface area contributed by atoms with Gasteiger partial charge < -0.3 is 21.0 Å². The lowest BCUT2D eigenvalue weighted by molar-refractivity contribution is -0.697. The number of hydrogen-bond donors (Lipinski definition) is 3. The summed E-state index contributed by atoms with van der Waals surface area (Å²) in [5.74, 6) is -1.86. The molecule has 36 heavy (non-hydrogen) atoms. The first kappa shape index (κ1) is 24.3.